The predicted molar refractivity (Wildman–Crippen MR) is 57.3 cm³/mol. The molecule has 0 atom stereocenters. The highest BCUT2D eigenvalue weighted by molar-refractivity contribution is 7.99. The van der Waals surface area contributed by atoms with Crippen LogP contribution < -0.4 is 5.46 Å². The third kappa shape index (κ3) is 3.42. The zero-order chi connectivity index (χ0) is 9.84. The molecule has 0 fully saturated rings. The molecular formula is C9H13BO2S. The normalized spacial score (nSPS) is 10.5. The van der Waals surface area contributed by atoms with Crippen molar-refractivity contribution in [2.24, 2.45) is 0 Å². The highest BCUT2D eigenvalue weighted by Gasteiger charge is 2.10. The van der Waals surface area contributed by atoms with Gasteiger partial charge in [0.2, 0.25) is 0 Å². The van der Waals surface area contributed by atoms with Gasteiger partial charge in [-0.05, 0) is 17.6 Å². The second-order valence-corrected chi connectivity index (χ2v) is 4.76. The Morgan fingerprint density at radius 2 is 2.00 bits per heavy atom. The van der Waals surface area contributed by atoms with E-state index in [1.165, 1.54) is 0 Å². The molecule has 0 aliphatic carbocycles. The molecule has 4 heteroatoms. The van der Waals surface area contributed by atoms with E-state index in [9.17, 15) is 0 Å². The van der Waals surface area contributed by atoms with Gasteiger partial charge in [-0.15, -0.1) is 11.8 Å². The molecule has 2 N–H and O–H groups in total. The summed E-state index contributed by atoms with van der Waals surface area (Å²) in [5, 5.41) is 18.4. The minimum atomic E-state index is -1.37. The lowest BCUT2D eigenvalue weighted by Crippen LogP contribution is -2.29. The van der Waals surface area contributed by atoms with E-state index in [2.05, 4.69) is 13.8 Å². The molecular weight excluding hydrogens is 183 g/mol. The zero-order valence-electron chi connectivity index (χ0n) is 7.77. The van der Waals surface area contributed by atoms with E-state index < -0.39 is 7.12 Å². The van der Waals surface area contributed by atoms with Crippen molar-refractivity contribution in [1.29, 1.82) is 0 Å². The molecule has 0 saturated carbocycles. The Balaban J connectivity index is 2.79. The van der Waals surface area contributed by atoms with Crippen LogP contribution in [0.15, 0.2) is 29.2 Å². The van der Waals surface area contributed by atoms with Gasteiger partial charge >= 0.3 is 7.12 Å². The van der Waals surface area contributed by atoms with Gasteiger partial charge in [0, 0.05) is 10.1 Å². The average Bonchev–Trinajstić information content (AvgIpc) is 2.03. The zero-order valence-corrected chi connectivity index (χ0v) is 8.58. The van der Waals surface area contributed by atoms with E-state index in [1.54, 1.807) is 23.9 Å². The van der Waals surface area contributed by atoms with Crippen LogP contribution >= 0.6 is 11.8 Å². The van der Waals surface area contributed by atoms with Crippen LogP contribution in [-0.2, 0) is 0 Å². The maximum Gasteiger partial charge on any atom is 0.488 e. The van der Waals surface area contributed by atoms with E-state index in [0.717, 1.165) is 4.90 Å². The van der Waals surface area contributed by atoms with E-state index in [1.807, 2.05) is 12.1 Å². The molecule has 0 aliphatic heterocycles. The lowest BCUT2D eigenvalue weighted by Gasteiger charge is -2.06. The fourth-order valence-corrected chi connectivity index (χ4v) is 1.93. The smallest absolute Gasteiger partial charge is 0.423 e. The molecule has 0 spiro atoms. The van der Waals surface area contributed by atoms with Crippen LogP contribution in [0.25, 0.3) is 0 Å². The second kappa shape index (κ2) is 4.70. The summed E-state index contributed by atoms with van der Waals surface area (Å²) < 4.78 is 0. The molecule has 0 heterocycles. The first-order valence-electron chi connectivity index (χ1n) is 4.22. The summed E-state index contributed by atoms with van der Waals surface area (Å²) >= 11 is 1.71. The number of benzene rings is 1. The maximum atomic E-state index is 8.93. The Morgan fingerprint density at radius 1 is 1.31 bits per heavy atom. The van der Waals surface area contributed by atoms with Crippen molar-refractivity contribution >= 4 is 24.3 Å². The molecule has 1 aromatic carbocycles. The van der Waals surface area contributed by atoms with Gasteiger partial charge in [0.1, 0.15) is 0 Å². The summed E-state index contributed by atoms with van der Waals surface area (Å²) in [6.45, 7) is 4.21. The number of hydrogen-bond acceptors (Lipinski definition) is 3. The van der Waals surface area contributed by atoms with Gasteiger partial charge in [-0.1, -0.05) is 26.0 Å². The summed E-state index contributed by atoms with van der Waals surface area (Å²) in [6.07, 6.45) is 0. The summed E-state index contributed by atoms with van der Waals surface area (Å²) in [5.74, 6) is 0. The molecule has 0 saturated heterocycles. The van der Waals surface area contributed by atoms with Crippen molar-refractivity contribution in [2.75, 3.05) is 0 Å². The van der Waals surface area contributed by atoms with Gasteiger partial charge in [0.05, 0.1) is 0 Å². The van der Waals surface area contributed by atoms with Crippen molar-refractivity contribution in [2.45, 2.75) is 24.0 Å². The third-order valence-electron chi connectivity index (χ3n) is 1.53. The van der Waals surface area contributed by atoms with Crippen LogP contribution in [0, 0.1) is 0 Å². The standard InChI is InChI=1S/C9H13BO2S/c1-7(2)13-9-5-3-4-8(6-9)10(11)12/h3-7,11-12H,1-2H3. The summed E-state index contributed by atoms with van der Waals surface area (Å²) in [4.78, 5) is 1.07. The third-order valence-corrected chi connectivity index (χ3v) is 2.53. The molecule has 0 bridgehead atoms. The highest BCUT2D eigenvalue weighted by atomic mass is 32.2. The van der Waals surface area contributed by atoms with Crippen LogP contribution in [0.3, 0.4) is 0 Å². The van der Waals surface area contributed by atoms with Gasteiger partial charge in [0.25, 0.3) is 0 Å². The highest BCUT2D eigenvalue weighted by Crippen LogP contribution is 2.21. The summed E-state index contributed by atoms with van der Waals surface area (Å²) in [7, 11) is -1.37. The SMILES string of the molecule is CC(C)Sc1cccc(B(O)O)c1. The molecule has 2 nitrogen and oxygen atoms in total. The fourth-order valence-electron chi connectivity index (χ4n) is 1.02. The van der Waals surface area contributed by atoms with E-state index in [4.69, 9.17) is 10.0 Å². The lowest BCUT2D eigenvalue weighted by atomic mass is 9.80. The van der Waals surface area contributed by atoms with Crippen molar-refractivity contribution in [1.82, 2.24) is 0 Å². The Bertz CT molecular complexity index is 276. The van der Waals surface area contributed by atoms with Crippen molar-refractivity contribution in [3.05, 3.63) is 24.3 Å². The van der Waals surface area contributed by atoms with Gasteiger partial charge in [0.15, 0.2) is 0 Å². The van der Waals surface area contributed by atoms with Crippen molar-refractivity contribution in [3.8, 4) is 0 Å². The Morgan fingerprint density at radius 3 is 2.54 bits per heavy atom. The molecule has 13 heavy (non-hydrogen) atoms. The van der Waals surface area contributed by atoms with Gasteiger partial charge in [-0.3, -0.25) is 0 Å². The number of rotatable bonds is 3. The van der Waals surface area contributed by atoms with Crippen LogP contribution in [0.5, 0.6) is 0 Å². The first-order chi connectivity index (χ1) is 6.09. The molecule has 1 rings (SSSR count). The van der Waals surface area contributed by atoms with Crippen LogP contribution in [0.2, 0.25) is 0 Å². The molecule has 0 aliphatic rings. The fraction of sp³-hybridized carbons (Fsp3) is 0.333. The predicted octanol–water partition coefficient (Wildman–Crippen LogP) is 0.867. The molecule has 0 unspecified atom stereocenters. The lowest BCUT2D eigenvalue weighted by molar-refractivity contribution is 0.425. The van der Waals surface area contributed by atoms with E-state index >= 15 is 0 Å². The molecule has 70 valence electrons. The van der Waals surface area contributed by atoms with Crippen LogP contribution in [0.1, 0.15) is 13.8 Å². The van der Waals surface area contributed by atoms with Crippen molar-refractivity contribution in [3.63, 3.8) is 0 Å². The largest absolute Gasteiger partial charge is 0.488 e. The van der Waals surface area contributed by atoms with Gasteiger partial charge in [-0.25, -0.2) is 0 Å². The quantitative estimate of drug-likeness (QED) is 0.556. The van der Waals surface area contributed by atoms with Crippen molar-refractivity contribution < 1.29 is 10.0 Å². The Hall–Kier alpha value is -0.445. The topological polar surface area (TPSA) is 40.5 Å². The second-order valence-electron chi connectivity index (χ2n) is 3.11. The first kappa shape index (κ1) is 10.6. The molecule has 0 aromatic heterocycles. The monoisotopic (exact) mass is 196 g/mol. The Labute approximate surface area is 83.1 Å². The minimum absolute atomic E-state index is 0.506. The summed E-state index contributed by atoms with van der Waals surface area (Å²) in [6, 6.07) is 7.31. The van der Waals surface area contributed by atoms with Crippen LogP contribution in [-0.4, -0.2) is 22.4 Å². The molecule has 1 aromatic rings. The first-order valence-corrected chi connectivity index (χ1v) is 5.10. The van der Waals surface area contributed by atoms with E-state index in [-0.39, 0.29) is 0 Å². The average molecular weight is 196 g/mol. The number of thioether (sulfide) groups is 1. The Kier molecular flexibility index (Phi) is 3.84. The number of hydrogen-bond donors (Lipinski definition) is 2. The molecule has 0 amide bonds. The van der Waals surface area contributed by atoms with Crippen LogP contribution in [0.4, 0.5) is 0 Å². The maximum absolute atomic E-state index is 8.93. The van der Waals surface area contributed by atoms with Gasteiger partial charge in [-0.2, -0.15) is 0 Å². The molecule has 0 radical (unpaired) electrons. The van der Waals surface area contributed by atoms with E-state index in [0.29, 0.717) is 10.7 Å². The van der Waals surface area contributed by atoms with Gasteiger partial charge < -0.3 is 10.0 Å². The minimum Gasteiger partial charge on any atom is -0.423 e. The summed E-state index contributed by atoms with van der Waals surface area (Å²) in [5.41, 5.74) is 0.547.